The number of rotatable bonds is 6. The van der Waals surface area contributed by atoms with E-state index < -0.39 is 5.92 Å². The highest BCUT2D eigenvalue weighted by atomic mass is 32.2. The molecule has 148 valence electrons. The summed E-state index contributed by atoms with van der Waals surface area (Å²) >= 11 is 1.60. The zero-order valence-corrected chi connectivity index (χ0v) is 17.5. The number of hydrogen-bond acceptors (Lipinski definition) is 6. The molecule has 5 nitrogen and oxygen atoms in total. The molecule has 2 heterocycles. The van der Waals surface area contributed by atoms with E-state index in [1.165, 1.54) is 0 Å². The van der Waals surface area contributed by atoms with Gasteiger partial charge in [0.05, 0.1) is 29.7 Å². The lowest BCUT2D eigenvalue weighted by Gasteiger charge is -2.30. The number of hydrogen-bond donors (Lipinski definition) is 1. The van der Waals surface area contributed by atoms with Crippen molar-refractivity contribution in [3.8, 4) is 6.07 Å². The highest BCUT2D eigenvalue weighted by molar-refractivity contribution is 7.99. The Labute approximate surface area is 175 Å². The van der Waals surface area contributed by atoms with Gasteiger partial charge in [-0.15, -0.1) is 11.8 Å². The Balaban J connectivity index is 2.10. The summed E-state index contributed by atoms with van der Waals surface area (Å²) in [4.78, 5) is 18.1. The Morgan fingerprint density at radius 1 is 1.24 bits per heavy atom. The maximum atomic E-state index is 13.0. The van der Waals surface area contributed by atoms with Crippen LogP contribution in [0.15, 0.2) is 76.2 Å². The van der Waals surface area contributed by atoms with Crippen LogP contribution in [0.4, 0.5) is 0 Å². The average Bonchev–Trinajstić information content (AvgIpc) is 2.73. The van der Waals surface area contributed by atoms with Gasteiger partial charge in [-0.05, 0) is 44.0 Å². The molecule has 3 rings (SSSR count). The van der Waals surface area contributed by atoms with Gasteiger partial charge in [-0.1, -0.05) is 24.3 Å². The number of allylic oxidation sites excluding steroid dienone is 2. The fourth-order valence-corrected chi connectivity index (χ4v) is 4.27. The molecular formula is C23H23N3O2S. The summed E-state index contributed by atoms with van der Waals surface area (Å²) in [6.07, 6.45) is 3.48. The molecule has 29 heavy (non-hydrogen) atoms. The third-order valence-corrected chi connectivity index (χ3v) is 5.83. The number of benzene rings is 1. The number of ether oxygens (including phenoxy) is 1. The zero-order chi connectivity index (χ0) is 20.8. The van der Waals surface area contributed by atoms with E-state index in [-0.39, 0.29) is 12.6 Å². The molecule has 0 saturated heterocycles. The summed E-state index contributed by atoms with van der Waals surface area (Å²) in [7, 11) is 0. The SMILES string of the molecule is CCOC(=O)C1=C(CSc2ccncc2)NC(C)=C(C#N)C1c1ccccc1C. The molecule has 0 amide bonds. The molecule has 1 aliphatic rings. The van der Waals surface area contributed by atoms with Crippen molar-refractivity contribution in [1.29, 1.82) is 5.26 Å². The summed E-state index contributed by atoms with van der Waals surface area (Å²) in [6, 6.07) is 14.0. The molecule has 0 saturated carbocycles. The van der Waals surface area contributed by atoms with Crippen LogP contribution in [0.3, 0.4) is 0 Å². The summed E-state index contributed by atoms with van der Waals surface area (Å²) in [5, 5.41) is 13.2. The van der Waals surface area contributed by atoms with E-state index in [9.17, 15) is 10.1 Å². The first kappa shape index (κ1) is 20.7. The molecule has 1 aromatic carbocycles. The van der Waals surface area contributed by atoms with Gasteiger partial charge < -0.3 is 10.1 Å². The number of nitriles is 1. The van der Waals surface area contributed by atoms with E-state index in [1.54, 1.807) is 31.1 Å². The lowest BCUT2D eigenvalue weighted by Crippen LogP contribution is -2.31. The molecule has 1 N–H and O–H groups in total. The predicted molar refractivity (Wildman–Crippen MR) is 114 cm³/mol. The molecule has 0 bridgehead atoms. The molecule has 0 spiro atoms. The Morgan fingerprint density at radius 3 is 2.62 bits per heavy atom. The van der Waals surface area contributed by atoms with Gasteiger partial charge in [-0.3, -0.25) is 4.98 Å². The third-order valence-electron chi connectivity index (χ3n) is 4.79. The molecule has 1 atom stereocenters. The number of aromatic nitrogens is 1. The molecule has 0 aliphatic carbocycles. The lowest BCUT2D eigenvalue weighted by molar-refractivity contribution is -0.138. The van der Waals surface area contributed by atoms with Gasteiger partial charge >= 0.3 is 5.97 Å². The van der Waals surface area contributed by atoms with Crippen molar-refractivity contribution < 1.29 is 9.53 Å². The average molecular weight is 406 g/mol. The maximum absolute atomic E-state index is 13.0. The summed E-state index contributed by atoms with van der Waals surface area (Å²) < 4.78 is 5.40. The normalized spacial score (nSPS) is 16.3. The second-order valence-electron chi connectivity index (χ2n) is 6.65. The van der Waals surface area contributed by atoms with Crippen molar-refractivity contribution in [2.75, 3.05) is 12.4 Å². The van der Waals surface area contributed by atoms with E-state index in [4.69, 9.17) is 4.74 Å². The smallest absolute Gasteiger partial charge is 0.336 e. The molecule has 1 aromatic heterocycles. The van der Waals surface area contributed by atoms with Gasteiger partial charge in [0.2, 0.25) is 0 Å². The first-order valence-corrected chi connectivity index (χ1v) is 10.4. The van der Waals surface area contributed by atoms with E-state index in [0.717, 1.165) is 27.4 Å². The molecule has 0 fully saturated rings. The van der Waals surface area contributed by atoms with Crippen LogP contribution < -0.4 is 5.32 Å². The minimum atomic E-state index is -0.449. The number of aryl methyl sites for hydroxylation is 1. The van der Waals surface area contributed by atoms with Crippen LogP contribution in [0.1, 0.15) is 30.9 Å². The molecule has 1 unspecified atom stereocenters. The second-order valence-corrected chi connectivity index (χ2v) is 7.70. The topological polar surface area (TPSA) is 75.0 Å². The highest BCUT2D eigenvalue weighted by Gasteiger charge is 2.36. The summed E-state index contributed by atoms with van der Waals surface area (Å²) in [5.41, 5.74) is 4.56. The summed E-state index contributed by atoms with van der Waals surface area (Å²) in [6.45, 7) is 5.94. The molecular weight excluding hydrogens is 382 g/mol. The van der Waals surface area contributed by atoms with Gasteiger partial charge in [0.1, 0.15) is 0 Å². The molecule has 2 aromatic rings. The van der Waals surface area contributed by atoms with Crippen molar-refractivity contribution in [2.45, 2.75) is 31.6 Å². The minimum Gasteiger partial charge on any atom is -0.463 e. The number of thioether (sulfide) groups is 1. The van der Waals surface area contributed by atoms with Crippen LogP contribution in [-0.2, 0) is 9.53 Å². The van der Waals surface area contributed by atoms with Crippen molar-refractivity contribution in [3.63, 3.8) is 0 Å². The number of carbonyl (C=O) groups excluding carboxylic acids is 1. The van der Waals surface area contributed by atoms with Crippen LogP contribution >= 0.6 is 11.8 Å². The standard InChI is InChI=1S/C23H23N3O2S/c1-4-28-23(27)22-20(14-29-17-9-11-25-12-10-17)26-16(3)19(13-24)21(22)18-8-6-5-7-15(18)2/h5-12,21,26H,4,14H2,1-3H3. The molecule has 1 aliphatic heterocycles. The predicted octanol–water partition coefficient (Wildman–Crippen LogP) is 4.48. The van der Waals surface area contributed by atoms with Gasteiger partial charge in [0.15, 0.2) is 0 Å². The Hall–Kier alpha value is -3.04. The van der Waals surface area contributed by atoms with E-state index in [1.807, 2.05) is 50.2 Å². The maximum Gasteiger partial charge on any atom is 0.336 e. The first-order valence-electron chi connectivity index (χ1n) is 9.43. The van der Waals surface area contributed by atoms with E-state index in [0.29, 0.717) is 16.9 Å². The van der Waals surface area contributed by atoms with Crippen LogP contribution in [-0.4, -0.2) is 23.3 Å². The second kappa shape index (κ2) is 9.44. The van der Waals surface area contributed by atoms with Gasteiger partial charge in [-0.2, -0.15) is 5.26 Å². The number of carbonyl (C=O) groups is 1. The van der Waals surface area contributed by atoms with Gasteiger partial charge in [0, 0.05) is 34.4 Å². The molecule has 0 radical (unpaired) electrons. The number of nitrogens with zero attached hydrogens (tertiary/aromatic N) is 2. The molecule has 6 heteroatoms. The van der Waals surface area contributed by atoms with E-state index in [2.05, 4.69) is 16.4 Å². The van der Waals surface area contributed by atoms with Crippen LogP contribution in [0.25, 0.3) is 0 Å². The van der Waals surface area contributed by atoms with Crippen molar-refractivity contribution in [3.05, 3.63) is 82.5 Å². The zero-order valence-electron chi connectivity index (χ0n) is 16.7. The minimum absolute atomic E-state index is 0.276. The largest absolute Gasteiger partial charge is 0.463 e. The lowest BCUT2D eigenvalue weighted by atomic mass is 9.79. The van der Waals surface area contributed by atoms with Crippen molar-refractivity contribution in [1.82, 2.24) is 10.3 Å². The van der Waals surface area contributed by atoms with Crippen molar-refractivity contribution >= 4 is 17.7 Å². The van der Waals surface area contributed by atoms with E-state index >= 15 is 0 Å². The summed E-state index contributed by atoms with van der Waals surface area (Å²) in [5.74, 6) is -0.287. The quantitative estimate of drug-likeness (QED) is 0.564. The van der Waals surface area contributed by atoms with Crippen LogP contribution in [0, 0.1) is 18.3 Å². The van der Waals surface area contributed by atoms with Crippen LogP contribution in [0.2, 0.25) is 0 Å². The fraction of sp³-hybridized carbons (Fsp3) is 0.261. The number of pyridine rings is 1. The number of dihydropyridines is 1. The number of nitrogens with one attached hydrogen (secondary N) is 1. The van der Waals surface area contributed by atoms with Gasteiger partial charge in [-0.25, -0.2) is 4.79 Å². The number of esters is 1. The fourth-order valence-electron chi connectivity index (χ4n) is 3.42. The Morgan fingerprint density at radius 2 is 1.97 bits per heavy atom. The van der Waals surface area contributed by atoms with Crippen molar-refractivity contribution in [2.24, 2.45) is 0 Å². The highest BCUT2D eigenvalue weighted by Crippen LogP contribution is 2.40. The van der Waals surface area contributed by atoms with Crippen LogP contribution in [0.5, 0.6) is 0 Å². The Kier molecular flexibility index (Phi) is 6.73. The first-order chi connectivity index (χ1) is 14.1. The Bertz CT molecular complexity index is 1010. The third kappa shape index (κ3) is 4.52. The van der Waals surface area contributed by atoms with Gasteiger partial charge in [0.25, 0.3) is 0 Å². The monoisotopic (exact) mass is 405 g/mol.